The van der Waals surface area contributed by atoms with E-state index < -0.39 is 11.5 Å². The Hall–Kier alpha value is -2.77. The van der Waals surface area contributed by atoms with E-state index >= 15 is 0 Å². The fourth-order valence-corrected chi connectivity index (χ4v) is 5.69. The molecule has 1 atom stereocenters. The summed E-state index contributed by atoms with van der Waals surface area (Å²) in [6.45, 7) is 5.16. The Bertz CT molecular complexity index is 1100. The topological polar surface area (TPSA) is 56.2 Å². The minimum absolute atomic E-state index is 0. The minimum atomic E-state index is -0.688. The molecule has 8 heteroatoms. The number of aliphatic hydroxyl groups excluding tert-OH is 1. The third kappa shape index (κ3) is 6.10. The second kappa shape index (κ2) is 13.3. The second-order valence-corrected chi connectivity index (χ2v) is 9.78. The Morgan fingerprint density at radius 3 is 1.87 bits per heavy atom. The van der Waals surface area contributed by atoms with Gasteiger partial charge in [0.15, 0.2) is 0 Å². The quantitative estimate of drug-likeness (QED) is 0.449. The summed E-state index contributed by atoms with van der Waals surface area (Å²) in [6.07, 6.45) is 0.136. The van der Waals surface area contributed by atoms with E-state index in [1.807, 2.05) is 77.7 Å². The Kier molecular flexibility index (Phi) is 10.5. The van der Waals surface area contributed by atoms with Crippen LogP contribution >= 0.6 is 24.8 Å². The number of carbonyl (C=O) groups is 1. The van der Waals surface area contributed by atoms with Crippen LogP contribution in [0.3, 0.4) is 0 Å². The van der Waals surface area contributed by atoms with Crippen molar-refractivity contribution in [2.45, 2.75) is 17.9 Å². The van der Waals surface area contributed by atoms with Crippen LogP contribution < -0.4 is 9.64 Å². The number of piperazine rings is 1. The number of ether oxygens (including phenoxy) is 1. The van der Waals surface area contributed by atoms with Crippen molar-refractivity contribution >= 4 is 36.4 Å². The van der Waals surface area contributed by atoms with E-state index in [0.717, 1.165) is 43.1 Å². The lowest BCUT2D eigenvalue weighted by Crippen LogP contribution is -2.50. The Balaban J connectivity index is 0.00000200. The van der Waals surface area contributed by atoms with E-state index in [4.69, 9.17) is 4.74 Å². The van der Waals surface area contributed by atoms with Crippen LogP contribution in [0.1, 0.15) is 17.5 Å². The number of amides is 1. The largest absolute Gasteiger partial charge is 0.497 e. The van der Waals surface area contributed by atoms with Crippen LogP contribution in [0.15, 0.2) is 84.9 Å². The molecule has 0 spiro atoms. The van der Waals surface area contributed by atoms with Crippen molar-refractivity contribution in [3.05, 3.63) is 96.1 Å². The molecule has 0 bridgehead atoms. The van der Waals surface area contributed by atoms with E-state index in [1.165, 1.54) is 5.69 Å². The molecule has 0 saturated carbocycles. The van der Waals surface area contributed by atoms with Gasteiger partial charge in [0.25, 0.3) is 0 Å². The molecule has 2 saturated heterocycles. The average Bonchev–Trinajstić information content (AvgIpc) is 3.26. The molecule has 2 aliphatic heterocycles. The van der Waals surface area contributed by atoms with Gasteiger partial charge in [-0.2, -0.15) is 0 Å². The van der Waals surface area contributed by atoms with Crippen molar-refractivity contribution < 1.29 is 14.6 Å². The number of anilines is 1. The Labute approximate surface area is 238 Å². The SMILES string of the molecule is COc1ccc(N2CCN(CC(O)CN3CCC(c4ccccc4)(c4ccccc4)C3=O)CC2)cc1.Cl.Cl. The monoisotopic (exact) mass is 557 g/mol. The molecular formula is C30H37Cl2N3O3. The first kappa shape index (κ1) is 29.8. The molecule has 2 fully saturated rings. The van der Waals surface area contributed by atoms with Crippen LogP contribution in [0.25, 0.3) is 0 Å². The van der Waals surface area contributed by atoms with Gasteiger partial charge in [-0.15, -0.1) is 24.8 Å². The van der Waals surface area contributed by atoms with Crippen molar-refractivity contribution in [3.63, 3.8) is 0 Å². The van der Waals surface area contributed by atoms with Gasteiger partial charge < -0.3 is 19.6 Å². The fraction of sp³-hybridized carbons (Fsp3) is 0.367. The van der Waals surface area contributed by atoms with Gasteiger partial charge >= 0.3 is 0 Å². The molecule has 3 aromatic carbocycles. The third-order valence-corrected chi connectivity index (χ3v) is 7.65. The molecule has 0 radical (unpaired) electrons. The van der Waals surface area contributed by atoms with Gasteiger partial charge in [0.2, 0.25) is 5.91 Å². The van der Waals surface area contributed by atoms with Crippen LogP contribution in [0.2, 0.25) is 0 Å². The first-order valence-corrected chi connectivity index (χ1v) is 12.8. The molecule has 2 aliphatic rings. The maximum Gasteiger partial charge on any atom is 0.237 e. The van der Waals surface area contributed by atoms with Crippen molar-refractivity contribution in [2.75, 3.05) is 57.8 Å². The average molecular weight is 559 g/mol. The Morgan fingerprint density at radius 2 is 1.34 bits per heavy atom. The number of halogens is 2. The second-order valence-electron chi connectivity index (χ2n) is 9.78. The summed E-state index contributed by atoms with van der Waals surface area (Å²) in [7, 11) is 1.68. The normalized spacial score (nSPS) is 17.9. The van der Waals surface area contributed by atoms with Crippen molar-refractivity contribution in [3.8, 4) is 5.75 Å². The molecule has 1 N–H and O–H groups in total. The maximum absolute atomic E-state index is 13.9. The predicted octanol–water partition coefficient (Wildman–Crippen LogP) is 4.24. The molecule has 1 unspecified atom stereocenters. The van der Waals surface area contributed by atoms with E-state index in [-0.39, 0.29) is 30.7 Å². The van der Waals surface area contributed by atoms with Crippen molar-refractivity contribution in [1.29, 1.82) is 0 Å². The summed E-state index contributed by atoms with van der Waals surface area (Å²) in [5.41, 5.74) is 2.55. The van der Waals surface area contributed by atoms with Gasteiger partial charge in [0, 0.05) is 51.5 Å². The highest BCUT2D eigenvalue weighted by Gasteiger charge is 2.49. The molecule has 204 valence electrons. The van der Waals surface area contributed by atoms with Crippen LogP contribution in [0.5, 0.6) is 5.75 Å². The van der Waals surface area contributed by atoms with Crippen molar-refractivity contribution in [2.24, 2.45) is 0 Å². The summed E-state index contributed by atoms with van der Waals surface area (Å²) < 4.78 is 5.26. The summed E-state index contributed by atoms with van der Waals surface area (Å²) in [6, 6.07) is 28.3. The highest BCUT2D eigenvalue weighted by atomic mass is 35.5. The van der Waals surface area contributed by atoms with Crippen molar-refractivity contribution in [1.82, 2.24) is 9.80 Å². The zero-order chi connectivity index (χ0) is 25.0. The first-order chi connectivity index (χ1) is 17.6. The molecule has 2 heterocycles. The van der Waals surface area contributed by atoms with Gasteiger partial charge in [-0.3, -0.25) is 9.69 Å². The minimum Gasteiger partial charge on any atom is -0.497 e. The number of β-amino-alcohol motifs (C(OH)–C–C–N with tert-alkyl or cyclic N) is 1. The number of rotatable bonds is 8. The van der Waals surface area contributed by atoms with Gasteiger partial charge in [-0.1, -0.05) is 60.7 Å². The van der Waals surface area contributed by atoms with E-state index in [2.05, 4.69) is 21.9 Å². The molecule has 0 aliphatic carbocycles. The standard InChI is InChI=1S/C30H35N3O3.2ClH/c1-36-28-14-12-26(13-15-28)32-20-18-31(19-21-32)22-27(34)23-33-17-16-30(29(33)35,24-8-4-2-5-9-24)25-10-6-3-7-11-25;;/h2-15,27,34H,16-23H2,1H3;2*1H. The van der Waals surface area contributed by atoms with Gasteiger partial charge in [0.05, 0.1) is 13.2 Å². The smallest absolute Gasteiger partial charge is 0.237 e. The number of benzene rings is 3. The summed E-state index contributed by atoms with van der Waals surface area (Å²) >= 11 is 0. The molecule has 38 heavy (non-hydrogen) atoms. The fourth-order valence-electron chi connectivity index (χ4n) is 5.69. The predicted molar refractivity (Wildman–Crippen MR) is 157 cm³/mol. The van der Waals surface area contributed by atoms with E-state index in [0.29, 0.717) is 26.1 Å². The summed E-state index contributed by atoms with van der Waals surface area (Å²) in [4.78, 5) is 20.4. The first-order valence-electron chi connectivity index (χ1n) is 12.8. The number of hydrogen-bond donors (Lipinski definition) is 1. The lowest BCUT2D eigenvalue weighted by Gasteiger charge is -2.37. The number of hydrogen-bond acceptors (Lipinski definition) is 5. The van der Waals surface area contributed by atoms with Crippen LogP contribution in [0, 0.1) is 0 Å². The summed E-state index contributed by atoms with van der Waals surface area (Å²) in [5, 5.41) is 11.0. The lowest BCUT2D eigenvalue weighted by atomic mass is 9.73. The zero-order valence-electron chi connectivity index (χ0n) is 21.7. The number of aliphatic hydroxyl groups is 1. The molecule has 1 amide bonds. The molecular weight excluding hydrogens is 521 g/mol. The highest BCUT2D eigenvalue weighted by Crippen LogP contribution is 2.42. The van der Waals surface area contributed by atoms with Crippen LogP contribution in [-0.4, -0.2) is 79.8 Å². The molecule has 5 rings (SSSR count). The number of carbonyl (C=O) groups excluding carboxylic acids is 1. The molecule has 6 nitrogen and oxygen atoms in total. The molecule has 3 aromatic rings. The van der Waals surface area contributed by atoms with Crippen LogP contribution in [0.4, 0.5) is 5.69 Å². The number of methoxy groups -OCH3 is 1. The molecule has 0 aromatic heterocycles. The van der Waals surface area contributed by atoms with E-state index in [9.17, 15) is 9.90 Å². The maximum atomic E-state index is 13.9. The van der Waals surface area contributed by atoms with Crippen LogP contribution in [-0.2, 0) is 10.2 Å². The van der Waals surface area contributed by atoms with E-state index in [1.54, 1.807) is 7.11 Å². The number of likely N-dealkylation sites (tertiary alicyclic amines) is 1. The van der Waals surface area contributed by atoms with Gasteiger partial charge in [-0.25, -0.2) is 0 Å². The third-order valence-electron chi connectivity index (χ3n) is 7.65. The highest BCUT2D eigenvalue weighted by molar-refractivity contribution is 5.94. The van der Waals surface area contributed by atoms with Gasteiger partial charge in [0.1, 0.15) is 11.2 Å². The zero-order valence-corrected chi connectivity index (χ0v) is 23.4. The number of nitrogens with zero attached hydrogens (tertiary/aromatic N) is 3. The Morgan fingerprint density at radius 1 is 0.789 bits per heavy atom. The summed E-state index contributed by atoms with van der Waals surface area (Å²) in [5.74, 6) is 0.948. The van der Waals surface area contributed by atoms with Gasteiger partial charge in [-0.05, 0) is 41.8 Å². The lowest BCUT2D eigenvalue weighted by molar-refractivity contribution is -0.132.